The maximum Gasteiger partial charge on any atom is 0.165 e. The van der Waals surface area contributed by atoms with Gasteiger partial charge in [-0.15, -0.1) is 0 Å². The molecule has 9 heteroatoms. The molecule has 1 saturated heterocycles. The number of rotatable bonds is 5. The number of hydrogen-bond donors (Lipinski definition) is 4. The largest absolute Gasteiger partial charge is 0.504 e. The van der Waals surface area contributed by atoms with Crippen molar-refractivity contribution in [2.24, 2.45) is 5.92 Å². The Kier molecular flexibility index (Phi) is 7.88. The van der Waals surface area contributed by atoms with Gasteiger partial charge in [-0.05, 0) is 86.6 Å². The van der Waals surface area contributed by atoms with Gasteiger partial charge in [0, 0.05) is 65.9 Å². The van der Waals surface area contributed by atoms with Crippen LogP contribution in [-0.4, -0.2) is 69.3 Å². The van der Waals surface area contributed by atoms with Crippen LogP contribution in [0.3, 0.4) is 0 Å². The minimum atomic E-state index is -0.594. The van der Waals surface area contributed by atoms with Crippen LogP contribution in [0.5, 0.6) is 11.5 Å². The Morgan fingerprint density at radius 2 is 1.66 bits per heavy atom. The van der Waals surface area contributed by atoms with Crippen molar-refractivity contribution in [2.75, 3.05) is 25.5 Å². The predicted molar refractivity (Wildman–Crippen MR) is 193 cm³/mol. The number of aliphatic hydroxyl groups is 2. The van der Waals surface area contributed by atoms with Gasteiger partial charge in [0.2, 0.25) is 0 Å². The zero-order chi connectivity index (χ0) is 32.4. The van der Waals surface area contributed by atoms with Crippen LogP contribution in [0.1, 0.15) is 17.5 Å². The molecule has 7 nitrogen and oxygen atoms in total. The van der Waals surface area contributed by atoms with Gasteiger partial charge in [0.05, 0.1) is 12.6 Å². The van der Waals surface area contributed by atoms with Gasteiger partial charge in [0.1, 0.15) is 12.2 Å². The maximum atomic E-state index is 10.6. The highest BCUT2D eigenvalue weighted by molar-refractivity contribution is 9.10. The molecule has 6 atom stereocenters. The van der Waals surface area contributed by atoms with E-state index >= 15 is 0 Å². The minimum absolute atomic E-state index is 0.160. The van der Waals surface area contributed by atoms with Gasteiger partial charge in [-0.3, -0.25) is 0 Å². The van der Waals surface area contributed by atoms with Crippen molar-refractivity contribution in [1.82, 2.24) is 9.47 Å². The molecule has 2 aliphatic heterocycles. The number of aliphatic hydroxyl groups excluding tert-OH is 2. The van der Waals surface area contributed by atoms with Crippen molar-refractivity contribution in [1.29, 1.82) is 0 Å². The zero-order valence-corrected chi connectivity index (χ0v) is 29.2. The van der Waals surface area contributed by atoms with Gasteiger partial charge in [-0.25, -0.2) is 0 Å². The fourth-order valence-electron chi connectivity index (χ4n) is 8.55. The number of ether oxygens (including phenoxy) is 1. The molecule has 0 saturated carbocycles. The van der Waals surface area contributed by atoms with Gasteiger partial charge in [0.25, 0.3) is 0 Å². The smallest absolute Gasteiger partial charge is 0.165 e. The van der Waals surface area contributed by atoms with E-state index in [9.17, 15) is 15.3 Å². The third-order valence-corrected chi connectivity index (χ3v) is 11.6. The molecule has 3 heterocycles. The maximum absolute atomic E-state index is 10.6. The third-order valence-electron chi connectivity index (χ3n) is 10.6. The third kappa shape index (κ3) is 5.09. The standard InChI is InChI=1S/C21H18Br2N2O.C17H19NO3/c22-14-6-8-20-18(10-14)19-11-15(23)7-9-21(19)25(20)13-17(26)12-24-16-4-2-1-3-5-16;1-18-7-6-17-10-3-5-13(20)16(17)21-15-12(19)4-2-9(14(15)17)8-11(10)18/h1-11,17,24,26H,12-13H2;2-5,10-11,13,16,19-20H,6-8H2,1H3/t;10-,11+,13-,16-,17-/m.0/s1. The second kappa shape index (κ2) is 12.0. The van der Waals surface area contributed by atoms with E-state index in [1.165, 1.54) is 21.9 Å². The van der Waals surface area contributed by atoms with Gasteiger partial charge in [-0.2, -0.15) is 0 Å². The molecule has 4 N–H and O–H groups in total. The normalized spacial score (nSPS) is 26.0. The highest BCUT2D eigenvalue weighted by atomic mass is 79.9. The van der Waals surface area contributed by atoms with E-state index in [0.717, 1.165) is 45.1 Å². The van der Waals surface area contributed by atoms with Crippen LogP contribution in [0.15, 0.2) is 100.0 Å². The lowest BCUT2D eigenvalue weighted by Crippen LogP contribution is -2.64. The highest BCUT2D eigenvalue weighted by Gasteiger charge is 2.64. The lowest BCUT2D eigenvalue weighted by Gasteiger charge is -2.56. The molecule has 5 aromatic rings. The van der Waals surface area contributed by atoms with Crippen LogP contribution >= 0.6 is 31.9 Å². The van der Waals surface area contributed by atoms with Crippen LogP contribution in [0.2, 0.25) is 0 Å². The predicted octanol–water partition coefficient (Wildman–Crippen LogP) is 6.99. The highest BCUT2D eigenvalue weighted by Crippen LogP contribution is 2.62. The van der Waals surface area contributed by atoms with E-state index in [-0.39, 0.29) is 17.3 Å². The number of piperidine rings is 1. The van der Waals surface area contributed by atoms with E-state index in [0.29, 0.717) is 30.8 Å². The van der Waals surface area contributed by atoms with Crippen molar-refractivity contribution < 1.29 is 20.1 Å². The summed E-state index contributed by atoms with van der Waals surface area (Å²) < 4.78 is 10.4. The minimum Gasteiger partial charge on any atom is -0.504 e. The number of phenolic OH excluding ortho intramolecular Hbond substituents is 1. The summed E-state index contributed by atoms with van der Waals surface area (Å²) in [6, 6.07) is 26.7. The lowest BCUT2D eigenvalue weighted by molar-refractivity contribution is -0.0453. The SMILES string of the molecule is CN1CC[C@]23c4c5ccc(O)c4O[C@H]2[C@@H](O)C=C[C@H]3[C@H]1C5.OC(CNc1ccccc1)Cn1c2ccc(Br)cc2c2cc(Br)ccc21. The molecule has 2 bridgehead atoms. The summed E-state index contributed by atoms with van der Waals surface area (Å²) in [5.74, 6) is 1.19. The first-order valence-corrected chi connectivity index (χ1v) is 17.8. The number of benzene rings is 4. The van der Waals surface area contributed by atoms with E-state index in [4.69, 9.17) is 4.74 Å². The Balaban J connectivity index is 0.000000141. The summed E-state index contributed by atoms with van der Waals surface area (Å²) in [4.78, 5) is 2.43. The number of aromatic nitrogens is 1. The molecular formula is C38H37Br2N3O4. The number of phenols is 1. The summed E-state index contributed by atoms with van der Waals surface area (Å²) in [5, 5.41) is 36.9. The van der Waals surface area contributed by atoms with E-state index in [2.05, 4.69) is 84.0 Å². The van der Waals surface area contributed by atoms with Gasteiger partial charge < -0.3 is 34.8 Å². The molecule has 2 aliphatic carbocycles. The molecule has 1 fully saturated rings. The number of para-hydroxylation sites is 1. The number of nitrogens with one attached hydrogen (secondary N) is 1. The van der Waals surface area contributed by atoms with E-state index < -0.39 is 12.2 Å². The lowest BCUT2D eigenvalue weighted by atomic mass is 9.53. The molecule has 1 aromatic heterocycles. The van der Waals surface area contributed by atoms with Crippen LogP contribution in [-0.2, 0) is 18.4 Å². The number of fused-ring (bicyclic) bond motifs is 3. The summed E-state index contributed by atoms with van der Waals surface area (Å²) in [6.07, 6.45) is 4.68. The summed E-state index contributed by atoms with van der Waals surface area (Å²) in [6.45, 7) is 2.04. The molecule has 1 unspecified atom stereocenters. The Morgan fingerprint density at radius 1 is 0.957 bits per heavy atom. The quantitative estimate of drug-likeness (QED) is 0.145. The molecule has 0 amide bonds. The average molecular weight is 760 g/mol. The molecule has 4 aromatic carbocycles. The van der Waals surface area contributed by atoms with Crippen molar-refractivity contribution in [3.8, 4) is 11.5 Å². The number of aromatic hydroxyl groups is 1. The first-order valence-electron chi connectivity index (χ1n) is 16.2. The molecule has 4 aliphatic rings. The summed E-state index contributed by atoms with van der Waals surface area (Å²) in [5.41, 5.74) is 5.56. The topological polar surface area (TPSA) is 90.1 Å². The van der Waals surface area contributed by atoms with Crippen LogP contribution in [0, 0.1) is 5.92 Å². The van der Waals surface area contributed by atoms with Crippen molar-refractivity contribution >= 4 is 59.4 Å². The monoisotopic (exact) mass is 757 g/mol. The van der Waals surface area contributed by atoms with E-state index in [1.54, 1.807) is 6.07 Å². The number of hydrogen-bond acceptors (Lipinski definition) is 6. The molecular weight excluding hydrogens is 722 g/mol. The first-order chi connectivity index (χ1) is 22.7. The zero-order valence-electron chi connectivity index (χ0n) is 26.0. The van der Waals surface area contributed by atoms with Crippen LogP contribution in [0.4, 0.5) is 5.69 Å². The van der Waals surface area contributed by atoms with E-state index in [1.807, 2.05) is 54.6 Å². The fraction of sp³-hybridized carbons (Fsp3) is 0.316. The second-order valence-electron chi connectivity index (χ2n) is 13.3. The Morgan fingerprint density at radius 3 is 2.36 bits per heavy atom. The average Bonchev–Trinajstić information content (AvgIpc) is 3.57. The molecule has 9 rings (SSSR count). The molecule has 0 radical (unpaired) electrons. The van der Waals surface area contributed by atoms with Crippen LogP contribution < -0.4 is 10.1 Å². The second-order valence-corrected chi connectivity index (χ2v) is 15.1. The first kappa shape index (κ1) is 31.0. The number of anilines is 1. The van der Waals surface area contributed by atoms with Crippen molar-refractivity contribution in [3.05, 3.63) is 111 Å². The van der Waals surface area contributed by atoms with Gasteiger partial charge in [0.15, 0.2) is 11.5 Å². The summed E-state index contributed by atoms with van der Waals surface area (Å²) >= 11 is 7.13. The fourth-order valence-corrected chi connectivity index (χ4v) is 9.27. The Bertz CT molecular complexity index is 1950. The number of halogens is 2. The molecule has 1 spiro atoms. The van der Waals surface area contributed by atoms with Gasteiger partial charge in [-0.1, -0.05) is 68.3 Å². The summed E-state index contributed by atoms with van der Waals surface area (Å²) in [7, 11) is 2.19. The molecule has 47 heavy (non-hydrogen) atoms. The Labute approximate surface area is 290 Å². The number of likely N-dealkylation sites (N-methyl/N-ethyl adjacent to an activating group) is 1. The number of likely N-dealkylation sites (tertiary alicyclic amines) is 1. The Hall–Kier alpha value is -3.34. The number of nitrogens with zero attached hydrogens (tertiary/aromatic N) is 2. The van der Waals surface area contributed by atoms with Crippen LogP contribution in [0.25, 0.3) is 21.8 Å². The van der Waals surface area contributed by atoms with Gasteiger partial charge >= 0.3 is 0 Å². The van der Waals surface area contributed by atoms with Crippen molar-refractivity contribution in [3.63, 3.8) is 0 Å². The van der Waals surface area contributed by atoms with Crippen molar-refractivity contribution in [2.45, 2.75) is 49.2 Å². The molecule has 242 valence electrons.